The number of carbonyl (C=O) groups excluding carboxylic acids is 1. The molecule has 6 aromatic rings. The average Bonchev–Trinajstić information content (AvgIpc) is 3.67. The molecule has 0 saturated heterocycles. The van der Waals surface area contributed by atoms with E-state index in [2.05, 4.69) is 25.5 Å². The Morgan fingerprint density at radius 3 is 1.58 bits per heavy atom. The molecule has 0 radical (unpaired) electrons. The summed E-state index contributed by atoms with van der Waals surface area (Å²) in [5.41, 5.74) is 8.37. The SMILES string of the molecule is Nc1ccn(Cc2ccncc2)n1.O=C(Nc1ccn(Cc2ccncc2)n1)c1ccc(O)cc1.O=C(O)c1ccc(O)cc1. The number of phenolic OH excluding ortho intramolecular Hbond substituents is 2. The minimum Gasteiger partial charge on any atom is -0.508 e. The van der Waals surface area contributed by atoms with Crippen molar-refractivity contribution in [3.8, 4) is 11.5 Å². The Labute approximate surface area is 257 Å². The Kier molecular flexibility index (Phi) is 10.9. The van der Waals surface area contributed by atoms with Crippen molar-refractivity contribution in [3.63, 3.8) is 0 Å². The Bertz CT molecular complexity index is 1790. The largest absolute Gasteiger partial charge is 0.508 e. The summed E-state index contributed by atoms with van der Waals surface area (Å²) in [6.07, 6.45) is 10.6. The minimum atomic E-state index is -0.986. The fourth-order valence-corrected chi connectivity index (χ4v) is 3.74. The molecule has 0 bridgehead atoms. The number of benzene rings is 2. The van der Waals surface area contributed by atoms with Gasteiger partial charge < -0.3 is 26.4 Å². The van der Waals surface area contributed by atoms with Crippen molar-refractivity contribution >= 4 is 23.5 Å². The molecule has 0 aliphatic rings. The van der Waals surface area contributed by atoms with Gasteiger partial charge in [-0.1, -0.05) is 0 Å². The second kappa shape index (κ2) is 15.7. The maximum atomic E-state index is 12.0. The van der Waals surface area contributed by atoms with Crippen molar-refractivity contribution in [2.75, 3.05) is 11.1 Å². The molecule has 1 amide bonds. The van der Waals surface area contributed by atoms with Crippen molar-refractivity contribution in [2.24, 2.45) is 0 Å². The molecule has 6 rings (SSSR count). The molecule has 4 heterocycles. The molecule has 0 saturated carbocycles. The van der Waals surface area contributed by atoms with E-state index >= 15 is 0 Å². The zero-order valence-corrected chi connectivity index (χ0v) is 23.9. The fraction of sp³-hybridized carbons (Fsp3) is 0.0625. The van der Waals surface area contributed by atoms with E-state index in [1.165, 1.54) is 36.4 Å². The number of carboxylic acid groups (broad SMARTS) is 1. The van der Waals surface area contributed by atoms with Crippen LogP contribution in [0.25, 0.3) is 0 Å². The van der Waals surface area contributed by atoms with E-state index in [0.717, 1.165) is 17.7 Å². The van der Waals surface area contributed by atoms with Gasteiger partial charge in [-0.15, -0.1) is 0 Å². The van der Waals surface area contributed by atoms with Crippen LogP contribution in [0.15, 0.2) is 122 Å². The van der Waals surface area contributed by atoms with Gasteiger partial charge in [-0.25, -0.2) is 4.79 Å². The van der Waals surface area contributed by atoms with E-state index < -0.39 is 5.97 Å². The highest BCUT2D eigenvalue weighted by Crippen LogP contribution is 2.12. The number of nitrogens with two attached hydrogens (primary N) is 1. The summed E-state index contributed by atoms with van der Waals surface area (Å²) in [5, 5.41) is 37.5. The van der Waals surface area contributed by atoms with Gasteiger partial charge in [0.15, 0.2) is 5.82 Å². The molecule has 0 spiro atoms. The van der Waals surface area contributed by atoms with Gasteiger partial charge in [0, 0.05) is 48.8 Å². The highest BCUT2D eigenvalue weighted by Gasteiger charge is 2.08. The van der Waals surface area contributed by atoms with E-state index in [0.29, 0.717) is 23.7 Å². The van der Waals surface area contributed by atoms with Crippen molar-refractivity contribution in [1.82, 2.24) is 29.5 Å². The molecule has 13 heteroatoms. The lowest BCUT2D eigenvalue weighted by atomic mass is 10.2. The van der Waals surface area contributed by atoms with Crippen LogP contribution in [0.3, 0.4) is 0 Å². The van der Waals surface area contributed by atoms with E-state index in [1.807, 2.05) is 30.5 Å². The number of aromatic hydroxyl groups is 2. The van der Waals surface area contributed by atoms with E-state index in [4.69, 9.17) is 15.9 Å². The molecule has 0 aliphatic heterocycles. The lowest BCUT2D eigenvalue weighted by Gasteiger charge is -2.03. The van der Waals surface area contributed by atoms with Crippen LogP contribution in [0.1, 0.15) is 31.8 Å². The van der Waals surface area contributed by atoms with E-state index in [-0.39, 0.29) is 23.0 Å². The van der Waals surface area contributed by atoms with Gasteiger partial charge in [0.2, 0.25) is 0 Å². The smallest absolute Gasteiger partial charge is 0.335 e. The fourth-order valence-electron chi connectivity index (χ4n) is 3.74. The second-order valence-electron chi connectivity index (χ2n) is 9.40. The van der Waals surface area contributed by atoms with Gasteiger partial charge in [0.25, 0.3) is 5.91 Å². The van der Waals surface area contributed by atoms with Crippen LogP contribution in [0.5, 0.6) is 11.5 Å². The Morgan fingerprint density at radius 1 is 0.644 bits per heavy atom. The number of rotatable bonds is 7. The van der Waals surface area contributed by atoms with E-state index in [9.17, 15) is 14.7 Å². The number of nitrogens with zero attached hydrogens (tertiary/aromatic N) is 6. The third kappa shape index (κ3) is 10.4. The van der Waals surface area contributed by atoms with Crippen LogP contribution in [0, 0.1) is 0 Å². The van der Waals surface area contributed by atoms with Crippen molar-refractivity contribution in [2.45, 2.75) is 13.1 Å². The number of carbonyl (C=O) groups is 2. The zero-order valence-electron chi connectivity index (χ0n) is 23.9. The molecule has 0 aliphatic carbocycles. The average molecular weight is 607 g/mol. The van der Waals surface area contributed by atoms with Crippen LogP contribution < -0.4 is 11.1 Å². The number of hydrogen-bond donors (Lipinski definition) is 5. The lowest BCUT2D eigenvalue weighted by Crippen LogP contribution is -2.12. The third-order valence-electron chi connectivity index (χ3n) is 5.98. The molecule has 4 aromatic heterocycles. The summed E-state index contributed by atoms with van der Waals surface area (Å²) in [5.74, 6) is -0.0291. The highest BCUT2D eigenvalue weighted by molar-refractivity contribution is 6.03. The first-order chi connectivity index (χ1) is 21.7. The summed E-state index contributed by atoms with van der Waals surface area (Å²) in [6, 6.07) is 22.7. The number of aromatic nitrogens is 6. The summed E-state index contributed by atoms with van der Waals surface area (Å²) in [7, 11) is 0. The van der Waals surface area contributed by atoms with Gasteiger partial charge >= 0.3 is 5.97 Å². The molecule has 45 heavy (non-hydrogen) atoms. The van der Waals surface area contributed by atoms with Crippen LogP contribution in [-0.2, 0) is 13.1 Å². The summed E-state index contributed by atoms with van der Waals surface area (Å²) in [4.78, 5) is 30.2. The highest BCUT2D eigenvalue weighted by atomic mass is 16.4. The van der Waals surface area contributed by atoms with Gasteiger partial charge in [-0.3, -0.25) is 24.1 Å². The number of nitrogens with one attached hydrogen (secondary N) is 1. The number of hydrogen-bond acceptors (Lipinski definition) is 9. The van der Waals surface area contributed by atoms with Crippen molar-refractivity contribution in [1.29, 1.82) is 0 Å². The Hall–Kier alpha value is -6.50. The Balaban J connectivity index is 0.000000170. The quantitative estimate of drug-likeness (QED) is 0.175. The number of amides is 1. The first-order valence-electron chi connectivity index (χ1n) is 13.5. The molecule has 0 fully saturated rings. The predicted octanol–water partition coefficient (Wildman–Crippen LogP) is 4.28. The number of aromatic carboxylic acids is 1. The first kappa shape index (κ1) is 31.4. The number of anilines is 2. The summed E-state index contributed by atoms with van der Waals surface area (Å²) < 4.78 is 3.53. The predicted molar refractivity (Wildman–Crippen MR) is 167 cm³/mol. The van der Waals surface area contributed by atoms with Crippen LogP contribution >= 0.6 is 0 Å². The normalized spacial score (nSPS) is 10.0. The van der Waals surface area contributed by atoms with Gasteiger partial charge in [0.1, 0.15) is 17.3 Å². The number of pyridine rings is 2. The van der Waals surface area contributed by atoms with Crippen LogP contribution in [-0.4, -0.2) is 56.7 Å². The molecule has 0 unspecified atom stereocenters. The second-order valence-corrected chi connectivity index (χ2v) is 9.40. The molecule has 0 atom stereocenters. The number of phenols is 2. The summed E-state index contributed by atoms with van der Waals surface area (Å²) in [6.45, 7) is 1.34. The molecular weight excluding hydrogens is 576 g/mol. The minimum absolute atomic E-state index is 0.0741. The van der Waals surface area contributed by atoms with Crippen molar-refractivity contribution in [3.05, 3.63) is 144 Å². The first-order valence-corrected chi connectivity index (χ1v) is 13.5. The van der Waals surface area contributed by atoms with Crippen LogP contribution in [0.2, 0.25) is 0 Å². The standard InChI is InChI=1S/C16H14N4O2.C9H10N4.C7H6O3/c21-14-3-1-13(2-4-14)16(22)18-15-7-10-20(19-15)11-12-5-8-17-9-6-12;10-9-3-6-13(12-9)7-8-1-4-11-5-2-8;8-6-3-1-5(2-4-6)7(9)10/h1-10,21H,11H2,(H,18,19,22);1-6H,7H2,(H2,10,12);1-4,8H,(H,9,10). The maximum absolute atomic E-state index is 12.0. The molecule has 228 valence electrons. The molecule has 2 aromatic carbocycles. The monoisotopic (exact) mass is 606 g/mol. The van der Waals surface area contributed by atoms with Crippen LogP contribution in [0.4, 0.5) is 11.6 Å². The topological polar surface area (TPSA) is 194 Å². The van der Waals surface area contributed by atoms with E-state index in [1.54, 1.807) is 64.6 Å². The van der Waals surface area contributed by atoms with Crippen molar-refractivity contribution < 1.29 is 24.9 Å². The van der Waals surface area contributed by atoms with Gasteiger partial charge in [0.05, 0.1) is 18.7 Å². The molecule has 13 nitrogen and oxygen atoms in total. The molecule has 6 N–H and O–H groups in total. The maximum Gasteiger partial charge on any atom is 0.335 e. The Morgan fingerprint density at radius 2 is 1.11 bits per heavy atom. The number of nitrogen functional groups attached to an aromatic ring is 1. The van der Waals surface area contributed by atoms with Gasteiger partial charge in [-0.05, 0) is 90.0 Å². The zero-order chi connectivity index (χ0) is 32.0. The van der Waals surface area contributed by atoms with Gasteiger partial charge in [-0.2, -0.15) is 10.2 Å². The lowest BCUT2D eigenvalue weighted by molar-refractivity contribution is 0.0696. The summed E-state index contributed by atoms with van der Waals surface area (Å²) >= 11 is 0. The third-order valence-corrected chi connectivity index (χ3v) is 5.98. The molecular formula is C32H30N8O5. The number of carboxylic acids is 1.